The molecule has 4 rings (SSSR count). The van der Waals surface area contributed by atoms with Crippen LogP contribution in [0.5, 0.6) is 5.75 Å². The zero-order valence-electron chi connectivity index (χ0n) is 16.1. The third-order valence-electron chi connectivity index (χ3n) is 4.97. The second-order valence-electron chi connectivity index (χ2n) is 7.09. The number of rotatable bonds is 5. The average Bonchev–Trinajstić information content (AvgIpc) is 2.74. The molecule has 0 unspecified atom stereocenters. The standard InChI is InChI=1S/C24H21ClN2O2/c1-17-5-2-3-7-19(17)15-27(14-18-6-4-10-26-13-18)24(28)21-11-20-12-22(25)8-9-23(20)29-16-21/h2-13H,14-16H2,1H3. The summed E-state index contributed by atoms with van der Waals surface area (Å²) in [7, 11) is 0. The van der Waals surface area contributed by atoms with E-state index in [-0.39, 0.29) is 12.5 Å². The van der Waals surface area contributed by atoms with E-state index in [4.69, 9.17) is 16.3 Å². The van der Waals surface area contributed by atoms with Crippen LogP contribution in [-0.2, 0) is 17.9 Å². The van der Waals surface area contributed by atoms with E-state index >= 15 is 0 Å². The molecule has 146 valence electrons. The number of aromatic nitrogens is 1. The van der Waals surface area contributed by atoms with Gasteiger partial charge >= 0.3 is 0 Å². The Labute approximate surface area is 175 Å². The molecule has 0 aliphatic carbocycles. The van der Waals surface area contributed by atoms with Crippen molar-refractivity contribution in [1.82, 2.24) is 9.88 Å². The second-order valence-corrected chi connectivity index (χ2v) is 7.53. The number of hydrogen-bond acceptors (Lipinski definition) is 3. The Morgan fingerprint density at radius 1 is 1.14 bits per heavy atom. The Morgan fingerprint density at radius 2 is 2.00 bits per heavy atom. The van der Waals surface area contributed by atoms with Crippen molar-refractivity contribution in [2.75, 3.05) is 6.61 Å². The van der Waals surface area contributed by atoms with E-state index in [0.717, 1.165) is 28.0 Å². The number of carbonyl (C=O) groups excluding carboxylic acids is 1. The first-order valence-corrected chi connectivity index (χ1v) is 9.83. The number of benzene rings is 2. The zero-order chi connectivity index (χ0) is 20.2. The van der Waals surface area contributed by atoms with E-state index in [1.54, 1.807) is 18.5 Å². The van der Waals surface area contributed by atoms with Crippen LogP contribution in [0.1, 0.15) is 22.3 Å². The van der Waals surface area contributed by atoms with Gasteiger partial charge in [0, 0.05) is 36.1 Å². The molecule has 1 aliphatic heterocycles. The highest BCUT2D eigenvalue weighted by Crippen LogP contribution is 2.30. The lowest BCUT2D eigenvalue weighted by Gasteiger charge is -2.27. The van der Waals surface area contributed by atoms with E-state index in [9.17, 15) is 4.79 Å². The largest absolute Gasteiger partial charge is 0.488 e. The summed E-state index contributed by atoms with van der Waals surface area (Å²) in [4.78, 5) is 19.5. The van der Waals surface area contributed by atoms with Gasteiger partial charge < -0.3 is 9.64 Å². The van der Waals surface area contributed by atoms with Crippen LogP contribution in [0.3, 0.4) is 0 Å². The minimum Gasteiger partial charge on any atom is -0.488 e. The van der Waals surface area contributed by atoms with Crippen molar-refractivity contribution < 1.29 is 9.53 Å². The minimum absolute atomic E-state index is 0.0530. The first-order valence-electron chi connectivity index (χ1n) is 9.46. The van der Waals surface area contributed by atoms with Crippen molar-refractivity contribution in [2.24, 2.45) is 0 Å². The molecule has 0 fully saturated rings. The highest BCUT2D eigenvalue weighted by Gasteiger charge is 2.23. The molecular weight excluding hydrogens is 384 g/mol. The van der Waals surface area contributed by atoms with E-state index in [1.807, 2.05) is 47.4 Å². The lowest BCUT2D eigenvalue weighted by Crippen LogP contribution is -2.33. The van der Waals surface area contributed by atoms with Gasteiger partial charge in [-0.3, -0.25) is 9.78 Å². The van der Waals surface area contributed by atoms with Crippen LogP contribution in [0.2, 0.25) is 5.02 Å². The van der Waals surface area contributed by atoms with Crippen LogP contribution in [0.15, 0.2) is 72.6 Å². The number of carbonyl (C=O) groups is 1. The molecule has 0 atom stereocenters. The van der Waals surface area contributed by atoms with Crippen molar-refractivity contribution in [3.63, 3.8) is 0 Å². The van der Waals surface area contributed by atoms with Crippen molar-refractivity contribution in [3.05, 3.63) is 99.8 Å². The molecule has 4 nitrogen and oxygen atoms in total. The topological polar surface area (TPSA) is 42.4 Å². The summed E-state index contributed by atoms with van der Waals surface area (Å²) in [5.74, 6) is 0.686. The molecule has 0 saturated heterocycles. The van der Waals surface area contributed by atoms with E-state index in [2.05, 4.69) is 24.0 Å². The Kier molecular flexibility index (Phi) is 5.63. The van der Waals surface area contributed by atoms with Gasteiger partial charge in [0.05, 0.1) is 5.57 Å². The molecule has 0 bridgehead atoms. The molecule has 0 radical (unpaired) electrons. The number of nitrogens with zero attached hydrogens (tertiary/aromatic N) is 2. The second kappa shape index (κ2) is 8.50. The third kappa shape index (κ3) is 4.49. The van der Waals surface area contributed by atoms with Crippen molar-refractivity contribution in [3.8, 4) is 5.75 Å². The molecular formula is C24H21ClN2O2. The van der Waals surface area contributed by atoms with E-state index in [0.29, 0.717) is 23.7 Å². The van der Waals surface area contributed by atoms with Crippen LogP contribution in [0.25, 0.3) is 6.08 Å². The van der Waals surface area contributed by atoms with Crippen molar-refractivity contribution >= 4 is 23.6 Å². The predicted molar refractivity (Wildman–Crippen MR) is 115 cm³/mol. The van der Waals surface area contributed by atoms with E-state index in [1.165, 1.54) is 0 Å². The SMILES string of the molecule is Cc1ccccc1CN(Cc1cccnc1)C(=O)C1=Cc2cc(Cl)ccc2OC1. The minimum atomic E-state index is -0.0530. The lowest BCUT2D eigenvalue weighted by molar-refractivity contribution is -0.128. The fourth-order valence-electron chi connectivity index (χ4n) is 3.38. The van der Waals surface area contributed by atoms with Crippen molar-refractivity contribution in [2.45, 2.75) is 20.0 Å². The maximum Gasteiger partial charge on any atom is 0.253 e. The fourth-order valence-corrected chi connectivity index (χ4v) is 3.56. The molecule has 1 amide bonds. The Balaban J connectivity index is 1.65. The normalized spacial score (nSPS) is 12.6. The number of halogens is 1. The van der Waals surface area contributed by atoms with Gasteiger partial charge in [0.25, 0.3) is 5.91 Å². The fraction of sp³-hybridized carbons (Fsp3) is 0.167. The highest BCUT2D eigenvalue weighted by atomic mass is 35.5. The number of fused-ring (bicyclic) bond motifs is 1. The summed E-state index contributed by atoms with van der Waals surface area (Å²) in [6, 6.07) is 17.4. The summed E-state index contributed by atoms with van der Waals surface area (Å²) in [5, 5.41) is 0.615. The molecule has 2 heterocycles. The number of pyridine rings is 1. The Bertz CT molecular complexity index is 1060. The summed E-state index contributed by atoms with van der Waals surface area (Å²) >= 11 is 6.11. The number of amides is 1. The highest BCUT2D eigenvalue weighted by molar-refractivity contribution is 6.30. The molecule has 0 N–H and O–H groups in total. The Morgan fingerprint density at radius 3 is 2.79 bits per heavy atom. The lowest BCUT2D eigenvalue weighted by atomic mass is 10.0. The van der Waals surface area contributed by atoms with Gasteiger partial charge in [0.15, 0.2) is 0 Å². The van der Waals surface area contributed by atoms with Gasteiger partial charge in [-0.1, -0.05) is 41.9 Å². The monoisotopic (exact) mass is 404 g/mol. The van der Waals surface area contributed by atoms with Crippen LogP contribution >= 0.6 is 11.6 Å². The van der Waals surface area contributed by atoms with Crippen molar-refractivity contribution in [1.29, 1.82) is 0 Å². The third-order valence-corrected chi connectivity index (χ3v) is 5.20. The first kappa shape index (κ1) is 19.2. The smallest absolute Gasteiger partial charge is 0.253 e. The van der Waals surface area contributed by atoms with Gasteiger partial charge in [-0.2, -0.15) is 0 Å². The van der Waals surface area contributed by atoms with Gasteiger partial charge in [-0.05, 0) is 54.0 Å². The molecule has 29 heavy (non-hydrogen) atoms. The summed E-state index contributed by atoms with van der Waals surface area (Å²) < 4.78 is 5.80. The van der Waals surface area contributed by atoms with E-state index < -0.39 is 0 Å². The number of aryl methyl sites for hydroxylation is 1. The molecule has 2 aromatic carbocycles. The molecule has 3 aromatic rings. The average molecular weight is 405 g/mol. The van der Waals surface area contributed by atoms with Crippen LogP contribution in [0.4, 0.5) is 0 Å². The predicted octanol–water partition coefficient (Wildman–Crippen LogP) is 5.05. The van der Waals surface area contributed by atoms with Gasteiger partial charge in [0.2, 0.25) is 0 Å². The van der Waals surface area contributed by atoms with Crippen LogP contribution < -0.4 is 4.74 Å². The van der Waals surface area contributed by atoms with Gasteiger partial charge in [-0.25, -0.2) is 0 Å². The summed E-state index contributed by atoms with van der Waals surface area (Å²) in [5.41, 5.74) is 4.68. The first-order chi connectivity index (χ1) is 14.1. The Hall–Kier alpha value is -3.11. The molecule has 1 aliphatic rings. The molecule has 5 heteroatoms. The van der Waals surface area contributed by atoms with Crippen LogP contribution in [-0.4, -0.2) is 22.4 Å². The van der Waals surface area contributed by atoms with Gasteiger partial charge in [0.1, 0.15) is 12.4 Å². The summed E-state index contributed by atoms with van der Waals surface area (Å²) in [6.45, 7) is 3.29. The molecule has 0 spiro atoms. The molecule has 1 aromatic heterocycles. The van der Waals surface area contributed by atoms with Gasteiger partial charge in [-0.15, -0.1) is 0 Å². The molecule has 0 saturated carbocycles. The number of hydrogen-bond donors (Lipinski definition) is 0. The summed E-state index contributed by atoms with van der Waals surface area (Å²) in [6.07, 6.45) is 5.40. The quantitative estimate of drug-likeness (QED) is 0.597. The van der Waals surface area contributed by atoms with Crippen LogP contribution in [0, 0.1) is 6.92 Å². The maximum absolute atomic E-state index is 13.4. The zero-order valence-corrected chi connectivity index (χ0v) is 16.9. The maximum atomic E-state index is 13.4. The number of ether oxygens (including phenoxy) is 1.